The van der Waals surface area contributed by atoms with Gasteiger partial charge in [-0.1, -0.05) is 382 Å². The lowest BCUT2D eigenvalue weighted by Gasteiger charge is -2.21. The zero-order valence-corrected chi connectivity index (χ0v) is 68.9. The Morgan fingerprint density at radius 2 is 0.451 bits per heavy atom. The standard InChI is InChI=1S/C83H162O17P2/c1-8-9-10-11-12-13-14-15-16-17-18-22-25-30-35-43-50-57-64-80(85)93-70-78(99-82(87)66-59-52-45-36-31-26-23-20-19-21-24-28-33-40-47-54-61-74(2)3)72-97-101(89,90)95-68-77(84)69-96-102(91,92)98-73-79(71-94-81(86)65-58-51-44-39-38-42-49-56-63-76(6)7)100-83(88)67-60-53-46-37-32-27-29-34-41-48-55-62-75(4)5/h74-79,84H,8-73H2,1-7H3,(H,89,90)(H,91,92)/t77-,78-,79-/m1/s1. The Kier molecular flexibility index (Phi) is 71.8. The van der Waals surface area contributed by atoms with Crippen molar-refractivity contribution in [2.45, 2.75) is 452 Å². The summed E-state index contributed by atoms with van der Waals surface area (Å²) in [7, 11) is -9.92. The molecular weight excluding hydrogens is 1330 g/mol. The van der Waals surface area contributed by atoms with E-state index < -0.39 is 97.5 Å². The number of hydrogen-bond acceptors (Lipinski definition) is 15. The third kappa shape index (κ3) is 76.3. The van der Waals surface area contributed by atoms with Crippen LogP contribution in [0.1, 0.15) is 434 Å². The van der Waals surface area contributed by atoms with Crippen LogP contribution in [0.4, 0.5) is 0 Å². The minimum atomic E-state index is -4.96. The van der Waals surface area contributed by atoms with Crippen LogP contribution in [0.5, 0.6) is 0 Å². The smallest absolute Gasteiger partial charge is 0.462 e. The zero-order valence-electron chi connectivity index (χ0n) is 67.1. The minimum absolute atomic E-state index is 0.106. The average Bonchev–Trinajstić information content (AvgIpc) is 0.926. The van der Waals surface area contributed by atoms with Crippen molar-refractivity contribution in [2.75, 3.05) is 39.6 Å². The predicted octanol–water partition coefficient (Wildman–Crippen LogP) is 24.9. The molecule has 102 heavy (non-hydrogen) atoms. The van der Waals surface area contributed by atoms with Gasteiger partial charge in [-0.25, -0.2) is 9.13 Å². The summed E-state index contributed by atoms with van der Waals surface area (Å²) in [5, 5.41) is 10.7. The van der Waals surface area contributed by atoms with E-state index in [-0.39, 0.29) is 25.7 Å². The van der Waals surface area contributed by atoms with E-state index >= 15 is 0 Å². The number of hydrogen-bond donors (Lipinski definition) is 3. The second-order valence-corrected chi connectivity index (χ2v) is 34.2. The first kappa shape index (κ1) is 100. The number of aliphatic hydroxyl groups excluding tert-OH is 1. The van der Waals surface area contributed by atoms with Crippen molar-refractivity contribution in [1.29, 1.82) is 0 Å². The molecule has 0 radical (unpaired) electrons. The number of unbranched alkanes of at least 4 members (excludes halogenated alkanes) is 49. The number of carbonyl (C=O) groups excluding carboxylic acids is 4. The van der Waals surface area contributed by atoms with Crippen LogP contribution in [0.2, 0.25) is 0 Å². The number of carbonyl (C=O) groups is 4. The van der Waals surface area contributed by atoms with E-state index in [2.05, 4.69) is 48.5 Å². The van der Waals surface area contributed by atoms with Crippen molar-refractivity contribution in [1.82, 2.24) is 0 Å². The largest absolute Gasteiger partial charge is 0.472 e. The number of phosphoric ester groups is 2. The van der Waals surface area contributed by atoms with Gasteiger partial charge in [0, 0.05) is 25.7 Å². The zero-order chi connectivity index (χ0) is 75.1. The highest BCUT2D eigenvalue weighted by molar-refractivity contribution is 7.47. The van der Waals surface area contributed by atoms with Crippen molar-refractivity contribution >= 4 is 39.5 Å². The molecular formula is C83H162O17P2. The summed E-state index contributed by atoms with van der Waals surface area (Å²) in [5.74, 6) is 0.192. The molecule has 0 aromatic heterocycles. The molecule has 19 heteroatoms. The molecule has 0 bridgehead atoms. The van der Waals surface area contributed by atoms with E-state index in [1.807, 2.05) is 0 Å². The number of aliphatic hydroxyl groups is 1. The monoisotopic (exact) mass is 1490 g/mol. The molecule has 0 spiro atoms. The predicted molar refractivity (Wildman–Crippen MR) is 418 cm³/mol. The fourth-order valence-corrected chi connectivity index (χ4v) is 14.4. The molecule has 0 aliphatic carbocycles. The maximum Gasteiger partial charge on any atom is 0.472 e. The van der Waals surface area contributed by atoms with E-state index in [0.717, 1.165) is 108 Å². The van der Waals surface area contributed by atoms with E-state index in [0.29, 0.717) is 25.7 Å². The Hall–Kier alpha value is -1.94. The molecule has 0 fully saturated rings. The molecule has 0 rings (SSSR count). The lowest BCUT2D eigenvalue weighted by atomic mass is 10.0. The van der Waals surface area contributed by atoms with Crippen LogP contribution in [0.3, 0.4) is 0 Å². The fraction of sp³-hybridized carbons (Fsp3) is 0.952. The van der Waals surface area contributed by atoms with Crippen LogP contribution >= 0.6 is 15.6 Å². The van der Waals surface area contributed by atoms with E-state index in [9.17, 15) is 43.2 Å². The van der Waals surface area contributed by atoms with E-state index in [1.165, 1.54) is 244 Å². The van der Waals surface area contributed by atoms with Crippen LogP contribution in [-0.2, 0) is 65.4 Å². The molecule has 5 atom stereocenters. The molecule has 2 unspecified atom stereocenters. The second-order valence-electron chi connectivity index (χ2n) is 31.3. The molecule has 17 nitrogen and oxygen atoms in total. The third-order valence-electron chi connectivity index (χ3n) is 19.4. The van der Waals surface area contributed by atoms with Crippen molar-refractivity contribution in [3.63, 3.8) is 0 Å². The van der Waals surface area contributed by atoms with Crippen molar-refractivity contribution in [3.05, 3.63) is 0 Å². The molecule has 0 aliphatic rings. The topological polar surface area (TPSA) is 237 Å². The van der Waals surface area contributed by atoms with Gasteiger partial charge in [-0.3, -0.25) is 37.3 Å². The highest BCUT2D eigenvalue weighted by Crippen LogP contribution is 2.45. The lowest BCUT2D eigenvalue weighted by Crippen LogP contribution is -2.30. The molecule has 0 aromatic rings. The van der Waals surface area contributed by atoms with Crippen LogP contribution in [0.15, 0.2) is 0 Å². The van der Waals surface area contributed by atoms with E-state index in [4.69, 9.17) is 37.0 Å². The molecule has 606 valence electrons. The van der Waals surface area contributed by atoms with Crippen LogP contribution < -0.4 is 0 Å². The van der Waals surface area contributed by atoms with Crippen LogP contribution in [-0.4, -0.2) is 96.7 Å². The van der Waals surface area contributed by atoms with Crippen molar-refractivity contribution < 1.29 is 80.2 Å². The molecule has 0 heterocycles. The van der Waals surface area contributed by atoms with Crippen molar-refractivity contribution in [2.24, 2.45) is 17.8 Å². The minimum Gasteiger partial charge on any atom is -0.462 e. The average molecular weight is 1490 g/mol. The number of rotatable bonds is 81. The van der Waals surface area contributed by atoms with E-state index in [1.54, 1.807) is 0 Å². The number of phosphoric acid groups is 2. The Balaban J connectivity index is 5.25. The summed E-state index contributed by atoms with van der Waals surface area (Å²) in [5.41, 5.74) is 0. The van der Waals surface area contributed by atoms with Gasteiger partial charge in [-0.15, -0.1) is 0 Å². The molecule has 0 amide bonds. The SMILES string of the molecule is CCCCCCCCCCCCCCCCCCCCC(=O)OC[C@H](COP(=O)(O)OC[C@@H](O)COP(=O)(O)OC[C@@H](COC(=O)CCCCCCCCCCC(C)C)OC(=O)CCCCCCCCCCCCCC(C)C)OC(=O)CCCCCCCCCCCCCCCCCCC(C)C. The summed E-state index contributed by atoms with van der Waals surface area (Å²) in [4.78, 5) is 73.1. The van der Waals surface area contributed by atoms with Gasteiger partial charge in [-0.2, -0.15) is 0 Å². The molecule has 0 saturated heterocycles. The van der Waals surface area contributed by atoms with Gasteiger partial charge in [-0.05, 0) is 43.4 Å². The Labute approximate surface area is 626 Å². The van der Waals surface area contributed by atoms with Gasteiger partial charge in [0.1, 0.15) is 19.3 Å². The van der Waals surface area contributed by atoms with Gasteiger partial charge in [0.25, 0.3) is 0 Å². The highest BCUT2D eigenvalue weighted by Gasteiger charge is 2.30. The molecule has 0 aliphatic heterocycles. The Bertz CT molecular complexity index is 1970. The van der Waals surface area contributed by atoms with Crippen LogP contribution in [0, 0.1) is 17.8 Å². The molecule has 3 N–H and O–H groups in total. The highest BCUT2D eigenvalue weighted by atomic mass is 31.2. The normalized spacial score (nSPS) is 13.9. The summed E-state index contributed by atoms with van der Waals surface area (Å²) < 4.78 is 68.8. The second kappa shape index (κ2) is 73.2. The quantitative estimate of drug-likeness (QED) is 0.0222. The summed E-state index contributed by atoms with van der Waals surface area (Å²) in [6.45, 7) is 12.0. The van der Waals surface area contributed by atoms with Crippen molar-refractivity contribution in [3.8, 4) is 0 Å². The Morgan fingerprint density at radius 1 is 0.265 bits per heavy atom. The lowest BCUT2D eigenvalue weighted by molar-refractivity contribution is -0.161. The first-order valence-corrected chi connectivity index (χ1v) is 45.8. The molecule has 0 aromatic carbocycles. The number of esters is 4. The van der Waals surface area contributed by atoms with Gasteiger partial charge < -0.3 is 33.8 Å². The first-order valence-electron chi connectivity index (χ1n) is 42.8. The first-order chi connectivity index (χ1) is 49.2. The van der Waals surface area contributed by atoms with Gasteiger partial charge in [0.15, 0.2) is 12.2 Å². The van der Waals surface area contributed by atoms with Gasteiger partial charge in [0.05, 0.1) is 26.4 Å². The molecule has 0 saturated carbocycles. The number of ether oxygens (including phenoxy) is 4. The fourth-order valence-electron chi connectivity index (χ4n) is 12.8. The van der Waals surface area contributed by atoms with Gasteiger partial charge in [0.2, 0.25) is 0 Å². The summed E-state index contributed by atoms with van der Waals surface area (Å²) in [6.07, 6.45) is 62.5. The maximum atomic E-state index is 13.1. The summed E-state index contributed by atoms with van der Waals surface area (Å²) in [6, 6.07) is 0. The maximum absolute atomic E-state index is 13.1. The summed E-state index contributed by atoms with van der Waals surface area (Å²) >= 11 is 0. The Morgan fingerprint density at radius 3 is 0.667 bits per heavy atom. The van der Waals surface area contributed by atoms with Gasteiger partial charge >= 0.3 is 39.5 Å². The third-order valence-corrected chi connectivity index (χ3v) is 21.3. The van der Waals surface area contributed by atoms with Crippen LogP contribution in [0.25, 0.3) is 0 Å².